The van der Waals surface area contributed by atoms with Crippen LogP contribution in [0.3, 0.4) is 0 Å². The number of nitrogens with one attached hydrogen (secondary N) is 2. The van der Waals surface area contributed by atoms with Gasteiger partial charge in [0.25, 0.3) is 5.91 Å². The summed E-state index contributed by atoms with van der Waals surface area (Å²) in [5.41, 5.74) is 6.45. The first-order valence-electron chi connectivity index (χ1n) is 12.1. The highest BCUT2D eigenvalue weighted by molar-refractivity contribution is 6.00. The number of rotatable bonds is 10. The predicted molar refractivity (Wildman–Crippen MR) is 144 cm³/mol. The van der Waals surface area contributed by atoms with Crippen LogP contribution in [0.2, 0.25) is 0 Å². The van der Waals surface area contributed by atoms with Crippen LogP contribution in [-0.2, 0) is 19.1 Å². The van der Waals surface area contributed by atoms with Gasteiger partial charge in [-0.1, -0.05) is 42.5 Å². The number of ether oxygens (including phenoxy) is 1. The van der Waals surface area contributed by atoms with Crippen LogP contribution >= 0.6 is 0 Å². The van der Waals surface area contributed by atoms with E-state index in [4.69, 9.17) is 10.5 Å². The number of nitrogens with zero attached hydrogens (tertiary/aromatic N) is 1. The van der Waals surface area contributed by atoms with Crippen molar-refractivity contribution in [3.05, 3.63) is 71.8 Å². The number of anilines is 1. The molecule has 2 unspecified atom stereocenters. The Labute approximate surface area is 222 Å². The molecule has 0 saturated heterocycles. The van der Waals surface area contributed by atoms with Crippen molar-refractivity contribution in [1.29, 1.82) is 0 Å². The van der Waals surface area contributed by atoms with E-state index in [9.17, 15) is 24.3 Å². The lowest BCUT2D eigenvalue weighted by Crippen LogP contribution is -2.53. The molecule has 0 bridgehead atoms. The molecule has 0 fully saturated rings. The van der Waals surface area contributed by atoms with E-state index in [1.807, 2.05) is 19.1 Å². The highest BCUT2D eigenvalue weighted by atomic mass is 16.6. The summed E-state index contributed by atoms with van der Waals surface area (Å²) < 4.78 is 5.25. The number of phenolic OH excluding ortho intramolecular Hbond substituents is 1. The number of aryl methyl sites for hydroxylation is 2. The minimum Gasteiger partial charge on any atom is -0.507 e. The van der Waals surface area contributed by atoms with Crippen molar-refractivity contribution in [3.8, 4) is 5.75 Å². The van der Waals surface area contributed by atoms with Crippen LogP contribution in [0.1, 0.15) is 49.9 Å². The van der Waals surface area contributed by atoms with E-state index in [0.29, 0.717) is 11.3 Å². The fourth-order valence-corrected chi connectivity index (χ4v) is 3.78. The summed E-state index contributed by atoms with van der Waals surface area (Å²) in [5.74, 6) is -2.44. The molecule has 10 heteroatoms. The maximum atomic E-state index is 13.8. The lowest BCUT2D eigenvalue weighted by Gasteiger charge is -2.34. The summed E-state index contributed by atoms with van der Waals surface area (Å²) in [6.07, 6.45) is -0.0828. The number of alkyl carbamates (subject to hydrolysis) is 1. The maximum Gasteiger partial charge on any atom is 0.408 e. The molecular weight excluding hydrogens is 488 g/mol. The van der Waals surface area contributed by atoms with Crippen molar-refractivity contribution in [2.45, 2.75) is 58.7 Å². The molecule has 5 N–H and O–H groups in total. The quantitative estimate of drug-likeness (QED) is 0.349. The molecule has 0 radical (unpaired) electrons. The molecular formula is C28H36N4O6. The summed E-state index contributed by atoms with van der Waals surface area (Å²) in [6, 6.07) is 9.14. The van der Waals surface area contributed by atoms with Gasteiger partial charge in [-0.05, 0) is 51.8 Å². The molecule has 38 heavy (non-hydrogen) atoms. The zero-order valence-electron chi connectivity index (χ0n) is 22.4. The maximum absolute atomic E-state index is 13.8. The SMILES string of the molecule is C=CCN(C(=O)C(CC(N)=O)NC(=O)OC(C)(C)C)C(C(=O)Nc1ccccc1C)c1cccc(C)c1O. The van der Waals surface area contributed by atoms with Crippen LogP contribution in [0.15, 0.2) is 55.1 Å². The first-order valence-corrected chi connectivity index (χ1v) is 12.1. The fraction of sp³-hybridized carbons (Fsp3) is 0.357. The highest BCUT2D eigenvalue weighted by Crippen LogP contribution is 2.33. The number of hydrogen-bond donors (Lipinski definition) is 4. The second-order valence-corrected chi connectivity index (χ2v) is 9.87. The third-order valence-corrected chi connectivity index (χ3v) is 5.53. The molecule has 4 amide bonds. The Hall–Kier alpha value is -4.34. The largest absolute Gasteiger partial charge is 0.507 e. The Morgan fingerprint density at radius 1 is 1.08 bits per heavy atom. The Balaban J connectivity index is 2.58. The summed E-state index contributed by atoms with van der Waals surface area (Å²) in [7, 11) is 0. The number of para-hydroxylation sites is 2. The van der Waals surface area contributed by atoms with Gasteiger partial charge in [0.15, 0.2) is 0 Å². The monoisotopic (exact) mass is 524 g/mol. The van der Waals surface area contributed by atoms with E-state index < -0.39 is 47.9 Å². The van der Waals surface area contributed by atoms with Gasteiger partial charge in [-0.2, -0.15) is 0 Å². The summed E-state index contributed by atoms with van der Waals surface area (Å²) >= 11 is 0. The molecule has 0 aliphatic heterocycles. The van der Waals surface area contributed by atoms with Crippen molar-refractivity contribution in [3.63, 3.8) is 0 Å². The Kier molecular flexibility index (Phi) is 10.0. The molecule has 204 valence electrons. The van der Waals surface area contributed by atoms with Gasteiger partial charge in [-0.25, -0.2) is 4.79 Å². The van der Waals surface area contributed by atoms with Gasteiger partial charge in [-0.3, -0.25) is 14.4 Å². The van der Waals surface area contributed by atoms with Crippen LogP contribution in [0.4, 0.5) is 10.5 Å². The third kappa shape index (κ3) is 8.09. The van der Waals surface area contributed by atoms with Gasteiger partial charge in [0.05, 0.1) is 6.42 Å². The van der Waals surface area contributed by atoms with Crippen molar-refractivity contribution >= 4 is 29.5 Å². The molecule has 0 aromatic heterocycles. The van der Waals surface area contributed by atoms with Gasteiger partial charge in [0, 0.05) is 17.8 Å². The molecule has 0 saturated carbocycles. The van der Waals surface area contributed by atoms with E-state index in [2.05, 4.69) is 17.2 Å². The van der Waals surface area contributed by atoms with Gasteiger partial charge < -0.3 is 31.1 Å². The Morgan fingerprint density at radius 2 is 1.71 bits per heavy atom. The van der Waals surface area contributed by atoms with Crippen LogP contribution in [-0.4, -0.2) is 52.0 Å². The third-order valence-electron chi connectivity index (χ3n) is 5.53. The number of amides is 4. The number of carbonyl (C=O) groups is 4. The number of carbonyl (C=O) groups excluding carboxylic acids is 4. The van der Waals surface area contributed by atoms with E-state index >= 15 is 0 Å². The van der Waals surface area contributed by atoms with Gasteiger partial charge in [-0.15, -0.1) is 6.58 Å². The van der Waals surface area contributed by atoms with Crippen LogP contribution < -0.4 is 16.4 Å². The number of aromatic hydroxyl groups is 1. The molecule has 0 spiro atoms. The second kappa shape index (κ2) is 12.8. The Morgan fingerprint density at radius 3 is 2.29 bits per heavy atom. The van der Waals surface area contributed by atoms with Gasteiger partial charge in [0.1, 0.15) is 23.4 Å². The van der Waals surface area contributed by atoms with Crippen LogP contribution in [0.5, 0.6) is 5.75 Å². The van der Waals surface area contributed by atoms with Crippen molar-refractivity contribution in [2.75, 3.05) is 11.9 Å². The number of nitrogens with two attached hydrogens (primary N) is 1. The van der Waals surface area contributed by atoms with E-state index in [1.54, 1.807) is 52.0 Å². The Bertz CT molecular complexity index is 1200. The van der Waals surface area contributed by atoms with Crippen LogP contribution in [0, 0.1) is 13.8 Å². The van der Waals surface area contributed by atoms with Gasteiger partial charge >= 0.3 is 6.09 Å². The van der Waals surface area contributed by atoms with Crippen molar-refractivity contribution in [2.24, 2.45) is 5.73 Å². The average Bonchev–Trinajstić information content (AvgIpc) is 2.80. The van der Waals surface area contributed by atoms with Crippen LogP contribution in [0.25, 0.3) is 0 Å². The first-order chi connectivity index (χ1) is 17.7. The molecule has 2 aromatic rings. The van der Waals surface area contributed by atoms with Gasteiger partial charge in [0.2, 0.25) is 11.8 Å². The standard InChI is InChI=1S/C28H36N4O6/c1-7-15-32(26(36)21(16-22(29)33)31-27(37)38-28(4,5)6)23(19-13-10-12-18(3)24(19)34)25(35)30-20-14-9-8-11-17(20)2/h7-14,21,23,34H,1,15-16H2,2-6H3,(H2,29,33)(H,30,35)(H,31,37). The van der Waals surface area contributed by atoms with E-state index in [-0.39, 0.29) is 17.9 Å². The second-order valence-electron chi connectivity index (χ2n) is 9.87. The average molecular weight is 525 g/mol. The predicted octanol–water partition coefficient (Wildman–Crippen LogP) is 3.47. The van der Waals surface area contributed by atoms with Crippen molar-refractivity contribution in [1.82, 2.24) is 10.2 Å². The summed E-state index contributed by atoms with van der Waals surface area (Å²) in [6.45, 7) is 12.0. The number of primary amides is 1. The molecule has 0 aliphatic carbocycles. The molecule has 10 nitrogen and oxygen atoms in total. The molecule has 2 aromatic carbocycles. The number of benzene rings is 2. The first kappa shape index (κ1) is 29.9. The molecule has 0 heterocycles. The molecule has 0 aliphatic rings. The summed E-state index contributed by atoms with van der Waals surface area (Å²) in [4.78, 5) is 53.0. The van der Waals surface area contributed by atoms with E-state index in [0.717, 1.165) is 10.5 Å². The highest BCUT2D eigenvalue weighted by Gasteiger charge is 2.38. The number of hydrogen-bond acceptors (Lipinski definition) is 6. The van der Waals surface area contributed by atoms with Crippen molar-refractivity contribution < 1.29 is 29.0 Å². The number of phenols is 1. The fourth-order valence-electron chi connectivity index (χ4n) is 3.78. The minimum atomic E-state index is -1.44. The molecule has 2 rings (SSSR count). The topological polar surface area (TPSA) is 151 Å². The lowest BCUT2D eigenvalue weighted by atomic mass is 9.98. The normalized spacial score (nSPS) is 12.6. The minimum absolute atomic E-state index is 0.149. The summed E-state index contributed by atoms with van der Waals surface area (Å²) in [5, 5.41) is 16.1. The molecule has 2 atom stereocenters. The zero-order valence-corrected chi connectivity index (χ0v) is 22.4. The van der Waals surface area contributed by atoms with E-state index in [1.165, 1.54) is 12.1 Å². The smallest absolute Gasteiger partial charge is 0.408 e. The lowest BCUT2D eigenvalue weighted by molar-refractivity contribution is -0.141. The zero-order chi connectivity index (χ0) is 28.6.